The Balaban J connectivity index is 2.04. The number of aryl methyl sites for hydroxylation is 1. The van der Waals surface area contributed by atoms with Crippen LogP contribution in [-0.2, 0) is 4.79 Å². The quantitative estimate of drug-likeness (QED) is 0.698. The molecule has 6 heteroatoms. The third kappa shape index (κ3) is 2.31. The van der Waals surface area contributed by atoms with Crippen LogP contribution in [0.5, 0.6) is 5.75 Å². The molecule has 110 valence electrons. The number of carbonyl (C=O) groups excluding carboxylic acids is 2. The van der Waals surface area contributed by atoms with Crippen LogP contribution in [-0.4, -0.2) is 22.6 Å². The molecule has 0 unspecified atom stereocenters. The zero-order chi connectivity index (χ0) is 15.9. The number of aliphatic imine (C=N–C) groups is 1. The lowest BCUT2D eigenvalue weighted by atomic mass is 10.1. The number of anilines is 2. The number of fused-ring (bicyclic) bond motifs is 1. The predicted octanol–water partition coefficient (Wildman–Crippen LogP) is 1.86. The van der Waals surface area contributed by atoms with Gasteiger partial charge in [-0.15, -0.1) is 0 Å². The summed E-state index contributed by atoms with van der Waals surface area (Å²) in [6.07, 6.45) is 0. The molecule has 2 aromatic carbocycles. The molecule has 22 heavy (non-hydrogen) atoms. The Bertz CT molecular complexity index is 841. The third-order valence-electron chi connectivity index (χ3n) is 3.36. The Morgan fingerprint density at radius 3 is 2.73 bits per heavy atom. The Kier molecular flexibility index (Phi) is 3.14. The van der Waals surface area contributed by atoms with E-state index in [1.807, 2.05) is 13.0 Å². The highest BCUT2D eigenvalue weighted by Gasteiger charge is 2.27. The number of benzene rings is 2. The zero-order valence-electron chi connectivity index (χ0n) is 11.8. The van der Waals surface area contributed by atoms with Crippen LogP contribution in [0, 0.1) is 6.92 Å². The predicted molar refractivity (Wildman–Crippen MR) is 83.2 cm³/mol. The van der Waals surface area contributed by atoms with Crippen molar-refractivity contribution in [2.24, 2.45) is 4.99 Å². The van der Waals surface area contributed by atoms with E-state index < -0.39 is 11.8 Å². The zero-order valence-corrected chi connectivity index (χ0v) is 11.8. The number of carbonyl (C=O) groups is 2. The summed E-state index contributed by atoms with van der Waals surface area (Å²) in [4.78, 5) is 28.0. The minimum Gasteiger partial charge on any atom is -0.507 e. The van der Waals surface area contributed by atoms with Gasteiger partial charge in [-0.3, -0.25) is 9.59 Å². The van der Waals surface area contributed by atoms with E-state index >= 15 is 0 Å². The second-order valence-corrected chi connectivity index (χ2v) is 5.05. The number of nitrogens with zero attached hydrogens (tertiary/aromatic N) is 1. The average molecular weight is 295 g/mol. The van der Waals surface area contributed by atoms with E-state index in [1.54, 1.807) is 12.1 Å². The maximum Gasteiger partial charge on any atom is 0.281 e. The van der Waals surface area contributed by atoms with Crippen LogP contribution in [0.3, 0.4) is 0 Å². The lowest BCUT2D eigenvalue weighted by molar-refractivity contribution is -0.110. The fourth-order valence-corrected chi connectivity index (χ4v) is 2.27. The van der Waals surface area contributed by atoms with Gasteiger partial charge >= 0.3 is 0 Å². The van der Waals surface area contributed by atoms with E-state index in [0.29, 0.717) is 16.9 Å². The number of nitrogens with two attached hydrogens (primary N) is 1. The maximum atomic E-state index is 12.2. The summed E-state index contributed by atoms with van der Waals surface area (Å²) < 4.78 is 0. The van der Waals surface area contributed by atoms with Gasteiger partial charge in [-0.1, -0.05) is 11.6 Å². The molecule has 2 aromatic rings. The van der Waals surface area contributed by atoms with Gasteiger partial charge < -0.3 is 16.2 Å². The normalized spacial score (nSPS) is 14.8. The van der Waals surface area contributed by atoms with Crippen LogP contribution in [0.4, 0.5) is 11.4 Å². The minimum absolute atomic E-state index is 0.00407. The van der Waals surface area contributed by atoms with E-state index in [4.69, 9.17) is 5.73 Å². The number of nitrogen functional groups attached to an aromatic ring is 1. The monoisotopic (exact) mass is 295 g/mol. The van der Waals surface area contributed by atoms with E-state index in [1.165, 1.54) is 18.2 Å². The number of hydrogen-bond donors (Lipinski definition) is 3. The molecule has 0 spiro atoms. The third-order valence-corrected chi connectivity index (χ3v) is 3.36. The molecule has 4 N–H and O–H groups in total. The molecule has 0 radical (unpaired) electrons. The van der Waals surface area contributed by atoms with Gasteiger partial charge in [-0.05, 0) is 31.2 Å². The van der Waals surface area contributed by atoms with Crippen molar-refractivity contribution in [3.05, 3.63) is 53.1 Å². The van der Waals surface area contributed by atoms with Gasteiger partial charge in [0, 0.05) is 17.3 Å². The van der Waals surface area contributed by atoms with Crippen molar-refractivity contribution in [3.63, 3.8) is 0 Å². The van der Waals surface area contributed by atoms with Crippen LogP contribution in [0.2, 0.25) is 0 Å². The van der Waals surface area contributed by atoms with Crippen molar-refractivity contribution in [2.75, 3.05) is 11.1 Å². The molecular formula is C16H13N3O3. The number of aromatic hydroxyl groups is 1. The molecule has 0 fully saturated rings. The lowest BCUT2D eigenvalue weighted by Crippen LogP contribution is -2.16. The smallest absolute Gasteiger partial charge is 0.281 e. The fourth-order valence-electron chi connectivity index (χ4n) is 2.27. The first-order valence-corrected chi connectivity index (χ1v) is 6.59. The van der Waals surface area contributed by atoms with Gasteiger partial charge in [0.05, 0.1) is 11.3 Å². The first-order valence-electron chi connectivity index (χ1n) is 6.59. The summed E-state index contributed by atoms with van der Waals surface area (Å²) in [6.45, 7) is 1.88. The molecule has 0 aromatic heterocycles. The number of phenols is 1. The van der Waals surface area contributed by atoms with Crippen LogP contribution in [0.25, 0.3) is 0 Å². The first kappa shape index (κ1) is 13.8. The summed E-state index contributed by atoms with van der Waals surface area (Å²) in [5, 5.41) is 12.4. The van der Waals surface area contributed by atoms with Crippen LogP contribution < -0.4 is 11.1 Å². The second kappa shape index (κ2) is 5.00. The van der Waals surface area contributed by atoms with E-state index in [0.717, 1.165) is 5.56 Å². The summed E-state index contributed by atoms with van der Waals surface area (Å²) >= 11 is 0. The standard InChI is InChI=1S/C16H13N3O3/c1-8-2-5-12-11(6-8)14(16(22)18-12)19-15(21)10-4-3-9(17)7-13(10)20/h2-7,20H,17H2,1H3,(H,18,19,21,22). The minimum atomic E-state index is -0.697. The Labute approximate surface area is 126 Å². The van der Waals surface area contributed by atoms with Gasteiger partial charge in [0.2, 0.25) is 0 Å². The van der Waals surface area contributed by atoms with Crippen molar-refractivity contribution in [2.45, 2.75) is 6.92 Å². The highest BCUT2D eigenvalue weighted by molar-refractivity contribution is 6.55. The number of hydrogen-bond acceptors (Lipinski definition) is 4. The van der Waals surface area contributed by atoms with Gasteiger partial charge in [-0.2, -0.15) is 0 Å². The van der Waals surface area contributed by atoms with Gasteiger partial charge in [-0.25, -0.2) is 4.99 Å². The van der Waals surface area contributed by atoms with Crippen LogP contribution >= 0.6 is 0 Å². The second-order valence-electron chi connectivity index (χ2n) is 5.05. The van der Waals surface area contributed by atoms with Crippen molar-refractivity contribution >= 4 is 28.9 Å². The molecule has 0 saturated carbocycles. The summed E-state index contributed by atoms with van der Waals surface area (Å²) in [5.41, 5.74) is 8.04. The lowest BCUT2D eigenvalue weighted by Gasteiger charge is -2.02. The Morgan fingerprint density at radius 1 is 1.23 bits per heavy atom. The van der Waals surface area contributed by atoms with Gasteiger partial charge in [0.1, 0.15) is 11.5 Å². The first-order chi connectivity index (χ1) is 10.5. The Hall–Kier alpha value is -3.15. The van der Waals surface area contributed by atoms with E-state index in [9.17, 15) is 14.7 Å². The molecule has 0 aliphatic carbocycles. The van der Waals surface area contributed by atoms with Gasteiger partial charge in [0.25, 0.3) is 11.8 Å². The van der Waals surface area contributed by atoms with Crippen molar-refractivity contribution in [1.82, 2.24) is 0 Å². The molecular weight excluding hydrogens is 282 g/mol. The summed E-state index contributed by atoms with van der Waals surface area (Å²) in [5.74, 6) is -1.40. The average Bonchev–Trinajstić information content (AvgIpc) is 2.75. The van der Waals surface area contributed by atoms with E-state index in [2.05, 4.69) is 10.3 Å². The largest absolute Gasteiger partial charge is 0.507 e. The Morgan fingerprint density at radius 2 is 2.00 bits per heavy atom. The van der Waals surface area contributed by atoms with Crippen molar-refractivity contribution in [3.8, 4) is 5.75 Å². The van der Waals surface area contributed by atoms with Crippen LogP contribution in [0.15, 0.2) is 41.4 Å². The van der Waals surface area contributed by atoms with Gasteiger partial charge in [0.15, 0.2) is 0 Å². The summed E-state index contributed by atoms with van der Waals surface area (Å²) in [7, 11) is 0. The van der Waals surface area contributed by atoms with Crippen molar-refractivity contribution in [1.29, 1.82) is 0 Å². The molecule has 1 heterocycles. The SMILES string of the molecule is Cc1ccc2c(c1)C(=NC(=O)c1ccc(N)cc1O)C(=O)N2. The number of amides is 2. The highest BCUT2D eigenvalue weighted by Crippen LogP contribution is 2.26. The van der Waals surface area contributed by atoms with Crippen LogP contribution in [0.1, 0.15) is 21.5 Å². The molecule has 0 bridgehead atoms. The maximum absolute atomic E-state index is 12.2. The topological polar surface area (TPSA) is 105 Å². The molecule has 3 rings (SSSR count). The molecule has 6 nitrogen and oxygen atoms in total. The number of rotatable bonds is 1. The van der Waals surface area contributed by atoms with E-state index in [-0.39, 0.29) is 17.0 Å². The molecule has 1 aliphatic rings. The summed E-state index contributed by atoms with van der Waals surface area (Å²) in [6, 6.07) is 9.52. The molecule has 0 saturated heterocycles. The van der Waals surface area contributed by atoms with Crippen molar-refractivity contribution < 1.29 is 14.7 Å². The molecule has 0 atom stereocenters. The molecule has 1 aliphatic heterocycles. The number of phenolic OH excluding ortho intramolecular Hbond substituents is 1. The highest BCUT2D eigenvalue weighted by atomic mass is 16.3. The fraction of sp³-hybridized carbons (Fsp3) is 0.0625. The molecule has 2 amide bonds. The number of nitrogens with one attached hydrogen (secondary N) is 1.